The largest absolute Gasteiger partial charge is 0.379 e. The van der Waals surface area contributed by atoms with E-state index in [1.54, 1.807) is 0 Å². The zero-order chi connectivity index (χ0) is 33.3. The molecule has 4 aliphatic heterocycles. The Bertz CT molecular complexity index is 1330. The fraction of sp³-hybridized carbons (Fsp3) is 0.700. The summed E-state index contributed by atoms with van der Waals surface area (Å²) in [6.07, 6.45) is 6.88. The minimum Gasteiger partial charge on any atom is -0.379 e. The molecule has 8 rings (SSSR count). The molecule has 6 fully saturated rings. The molecule has 2 aliphatic carbocycles. The van der Waals surface area contributed by atoms with Crippen LogP contribution in [0, 0.1) is 21.7 Å². The fourth-order valence-corrected chi connectivity index (χ4v) is 13.2. The van der Waals surface area contributed by atoms with E-state index in [-0.39, 0.29) is 21.7 Å². The lowest BCUT2D eigenvalue weighted by molar-refractivity contribution is -0.201. The molecule has 2 aromatic rings. The number of rotatable bonds is 10. The van der Waals surface area contributed by atoms with Crippen molar-refractivity contribution >= 4 is 23.5 Å². The van der Waals surface area contributed by atoms with Crippen LogP contribution >= 0.6 is 23.5 Å². The van der Waals surface area contributed by atoms with Crippen molar-refractivity contribution in [1.29, 1.82) is 0 Å². The third-order valence-electron chi connectivity index (χ3n) is 14.6. The molecule has 0 spiro atoms. The van der Waals surface area contributed by atoms with Gasteiger partial charge < -0.3 is 9.47 Å². The normalized spacial score (nSPS) is 36.2. The van der Waals surface area contributed by atoms with Crippen LogP contribution in [0.4, 0.5) is 0 Å². The van der Waals surface area contributed by atoms with Crippen LogP contribution in [0.1, 0.15) is 51.7 Å². The van der Waals surface area contributed by atoms with Crippen molar-refractivity contribution in [3.63, 3.8) is 0 Å². The highest BCUT2D eigenvalue weighted by Crippen LogP contribution is 2.80. The van der Waals surface area contributed by atoms with Gasteiger partial charge in [-0.3, -0.25) is 19.6 Å². The Morgan fingerprint density at radius 1 is 0.562 bits per heavy atom. The van der Waals surface area contributed by atoms with E-state index in [2.05, 4.69) is 108 Å². The molecule has 2 saturated carbocycles. The summed E-state index contributed by atoms with van der Waals surface area (Å²) in [6.45, 7) is 23.0. The molecule has 6 atom stereocenters. The predicted octanol–water partition coefficient (Wildman–Crippen LogP) is 6.43. The maximum atomic E-state index is 5.96. The molecular formula is C40H58N4O2S2. The molecule has 6 nitrogen and oxygen atoms in total. The molecule has 4 bridgehead atoms. The first-order valence-electron chi connectivity index (χ1n) is 18.5. The zero-order valence-electron chi connectivity index (χ0n) is 30.2. The average molecular weight is 691 g/mol. The molecule has 4 heterocycles. The van der Waals surface area contributed by atoms with Gasteiger partial charge in [-0.1, -0.05) is 52.0 Å². The number of nitrogens with zero attached hydrogens (tertiary/aromatic N) is 4. The fourth-order valence-electron chi connectivity index (χ4n) is 12.4. The molecule has 0 amide bonds. The van der Waals surface area contributed by atoms with E-state index in [0.717, 1.165) is 65.7 Å². The molecule has 48 heavy (non-hydrogen) atoms. The zero-order valence-corrected chi connectivity index (χ0v) is 31.9. The highest BCUT2D eigenvalue weighted by atomic mass is 32.2. The standard InChI is InChI=1S/C40H58N4O2S2/c1-37(2)33-23-36-40(28-42-17-21-46-22-18-42)38(3,4)34(44(36)26-30-9-13-32(48-6)14-10-30)24-35(39(37,40)27-41-15-19-45-20-16-41)43(33)25-29-7-11-31(47-5)12-8-29/h7-14,33-36H,15-28H2,1-6H3/t33-,34-,35+,36+,39-,40+/m1/s1. The van der Waals surface area contributed by atoms with Crippen LogP contribution in [0.2, 0.25) is 0 Å². The summed E-state index contributed by atoms with van der Waals surface area (Å²) >= 11 is 3.69. The minimum atomic E-state index is 0.139. The van der Waals surface area contributed by atoms with Gasteiger partial charge in [0.2, 0.25) is 0 Å². The molecule has 6 aliphatic rings. The summed E-state index contributed by atoms with van der Waals surface area (Å²) in [4.78, 5) is 14.5. The van der Waals surface area contributed by atoms with Gasteiger partial charge >= 0.3 is 0 Å². The Labute approximate surface area is 298 Å². The topological polar surface area (TPSA) is 31.4 Å². The second-order valence-corrected chi connectivity index (χ2v) is 18.5. The van der Waals surface area contributed by atoms with Crippen LogP contribution < -0.4 is 0 Å². The van der Waals surface area contributed by atoms with E-state index in [9.17, 15) is 0 Å². The van der Waals surface area contributed by atoms with Gasteiger partial charge in [0.15, 0.2) is 0 Å². The van der Waals surface area contributed by atoms with Gasteiger partial charge in [-0.05, 0) is 71.6 Å². The molecule has 2 aromatic carbocycles. The van der Waals surface area contributed by atoms with Crippen molar-refractivity contribution in [2.75, 3.05) is 78.2 Å². The lowest BCUT2D eigenvalue weighted by atomic mass is 9.35. The predicted molar refractivity (Wildman–Crippen MR) is 199 cm³/mol. The van der Waals surface area contributed by atoms with E-state index in [1.807, 2.05) is 23.5 Å². The summed E-state index contributed by atoms with van der Waals surface area (Å²) in [5.41, 5.74) is 3.55. The number of morpholine rings is 2. The third kappa shape index (κ3) is 4.97. The van der Waals surface area contributed by atoms with Crippen LogP contribution in [0.5, 0.6) is 0 Å². The third-order valence-corrected chi connectivity index (χ3v) is 16.1. The second kappa shape index (κ2) is 12.8. The van der Waals surface area contributed by atoms with E-state index in [4.69, 9.17) is 9.47 Å². The number of thioether (sulfide) groups is 2. The SMILES string of the molecule is CSc1ccc(CN2[C@H]3C[C@H]4N(Cc5ccc(SC)cc5)[C@H]5C[C@@H]2C(C)(C)[C@@]3(CN2CCOCC2)[C@@]5(CN2CCOCC2)C4(C)C)cc1. The quantitative estimate of drug-likeness (QED) is 0.264. The Kier molecular flexibility index (Phi) is 9.10. The second-order valence-electron chi connectivity index (χ2n) is 16.7. The van der Waals surface area contributed by atoms with Crippen LogP contribution in [0.25, 0.3) is 0 Å². The molecule has 0 radical (unpaired) electrons. The molecular weight excluding hydrogens is 633 g/mol. The molecule has 4 saturated heterocycles. The Hall–Kier alpha value is -1.10. The van der Waals surface area contributed by atoms with Crippen LogP contribution in [-0.2, 0) is 22.6 Å². The monoisotopic (exact) mass is 690 g/mol. The molecule has 262 valence electrons. The maximum Gasteiger partial charge on any atom is 0.0594 e. The number of hydrogen-bond donors (Lipinski definition) is 0. The Balaban J connectivity index is 1.28. The highest BCUT2D eigenvalue weighted by molar-refractivity contribution is 7.98. The van der Waals surface area contributed by atoms with E-state index in [0.29, 0.717) is 24.2 Å². The first-order valence-corrected chi connectivity index (χ1v) is 21.0. The van der Waals surface area contributed by atoms with Crippen molar-refractivity contribution in [3.05, 3.63) is 59.7 Å². The van der Waals surface area contributed by atoms with Crippen molar-refractivity contribution in [1.82, 2.24) is 19.6 Å². The van der Waals surface area contributed by atoms with Crippen LogP contribution in [0.3, 0.4) is 0 Å². The number of ether oxygens (including phenoxy) is 2. The summed E-state index contributed by atoms with van der Waals surface area (Å²) in [5.74, 6) is 0. The average Bonchev–Trinajstić information content (AvgIpc) is 3.29. The highest BCUT2D eigenvalue weighted by Gasteiger charge is 2.85. The lowest BCUT2D eigenvalue weighted by Gasteiger charge is -2.69. The lowest BCUT2D eigenvalue weighted by Crippen LogP contribution is -2.75. The number of benzene rings is 2. The van der Waals surface area contributed by atoms with Gasteiger partial charge in [0.05, 0.1) is 26.4 Å². The van der Waals surface area contributed by atoms with E-state index >= 15 is 0 Å². The number of hydrogen-bond acceptors (Lipinski definition) is 8. The van der Waals surface area contributed by atoms with Crippen molar-refractivity contribution in [2.45, 2.75) is 87.6 Å². The number of fused-ring (bicyclic) bond motifs is 2. The summed E-state index contributed by atoms with van der Waals surface area (Å²) < 4.78 is 11.9. The summed E-state index contributed by atoms with van der Waals surface area (Å²) in [6, 6.07) is 21.2. The van der Waals surface area contributed by atoms with Gasteiger partial charge in [0.25, 0.3) is 0 Å². The van der Waals surface area contributed by atoms with Gasteiger partial charge in [-0.15, -0.1) is 23.5 Å². The van der Waals surface area contributed by atoms with Crippen molar-refractivity contribution in [2.24, 2.45) is 21.7 Å². The van der Waals surface area contributed by atoms with Gasteiger partial charge in [-0.25, -0.2) is 0 Å². The summed E-state index contributed by atoms with van der Waals surface area (Å²) in [7, 11) is 0. The molecule has 0 aromatic heterocycles. The molecule has 0 unspecified atom stereocenters. The van der Waals surface area contributed by atoms with E-state index in [1.165, 1.54) is 46.8 Å². The first kappa shape index (κ1) is 34.0. The maximum absolute atomic E-state index is 5.96. The summed E-state index contributed by atoms with van der Waals surface area (Å²) in [5, 5.41) is 0. The van der Waals surface area contributed by atoms with Crippen LogP contribution in [0.15, 0.2) is 58.3 Å². The Morgan fingerprint density at radius 3 is 1.25 bits per heavy atom. The van der Waals surface area contributed by atoms with E-state index < -0.39 is 0 Å². The number of likely N-dealkylation sites (tertiary alicyclic amines) is 2. The van der Waals surface area contributed by atoms with Gasteiger partial charge in [0.1, 0.15) is 0 Å². The van der Waals surface area contributed by atoms with Crippen LogP contribution in [-0.4, -0.2) is 122 Å². The van der Waals surface area contributed by atoms with Gasteiger partial charge in [0, 0.05) is 97.1 Å². The molecule has 0 N–H and O–H groups in total. The van der Waals surface area contributed by atoms with Crippen molar-refractivity contribution < 1.29 is 9.47 Å². The first-order chi connectivity index (χ1) is 23.2. The Morgan fingerprint density at radius 2 is 0.917 bits per heavy atom. The molecule has 8 heteroatoms. The smallest absolute Gasteiger partial charge is 0.0594 e. The van der Waals surface area contributed by atoms with Crippen molar-refractivity contribution in [3.8, 4) is 0 Å². The van der Waals surface area contributed by atoms with Gasteiger partial charge in [-0.2, -0.15) is 0 Å². The minimum absolute atomic E-state index is 0.139.